The molecule has 2 aliphatic rings. The van der Waals surface area contributed by atoms with Gasteiger partial charge in [-0.15, -0.1) is 0 Å². The van der Waals surface area contributed by atoms with E-state index in [4.69, 9.17) is 5.73 Å². The summed E-state index contributed by atoms with van der Waals surface area (Å²) < 4.78 is 0.931. The molecule has 2 aromatic heterocycles. The van der Waals surface area contributed by atoms with Crippen molar-refractivity contribution >= 4 is 44.2 Å². The fourth-order valence-electron chi connectivity index (χ4n) is 3.26. The molecule has 1 atom stereocenters. The number of halogens is 1. The van der Waals surface area contributed by atoms with Gasteiger partial charge in [-0.05, 0) is 41.6 Å². The lowest BCUT2D eigenvalue weighted by atomic mass is 10.1. The number of carbonyl (C=O) groups is 1. The minimum Gasteiger partial charge on any atom is -0.368 e. The highest BCUT2D eigenvalue weighted by atomic mass is 79.9. The molecule has 0 bridgehead atoms. The molecule has 1 amide bonds. The van der Waals surface area contributed by atoms with Gasteiger partial charge in [0, 0.05) is 37.4 Å². The van der Waals surface area contributed by atoms with Crippen molar-refractivity contribution < 1.29 is 4.79 Å². The van der Waals surface area contributed by atoms with Crippen LogP contribution in [-0.4, -0.2) is 35.0 Å². The summed E-state index contributed by atoms with van der Waals surface area (Å²) in [4.78, 5) is 22.0. The van der Waals surface area contributed by atoms with Gasteiger partial charge in [-0.25, -0.2) is 4.98 Å². The monoisotopic (exact) mass is 377 g/mol. The van der Waals surface area contributed by atoms with Gasteiger partial charge in [0.05, 0.1) is 21.2 Å². The second-order valence-electron chi connectivity index (χ2n) is 6.49. The topological polar surface area (TPSA) is 87.0 Å². The first-order valence-electron chi connectivity index (χ1n) is 8.10. The minimum atomic E-state index is 0.104. The average Bonchev–Trinajstić information content (AvgIpc) is 3.31. The maximum Gasteiger partial charge on any atom is 0.227 e. The first-order chi connectivity index (χ1) is 11.1. The number of pyridine rings is 1. The second-order valence-corrected chi connectivity index (χ2v) is 7.35. The highest BCUT2D eigenvalue weighted by Gasteiger charge is 2.31. The quantitative estimate of drug-likeness (QED) is 0.766. The normalized spacial score (nSPS) is 21.7. The van der Waals surface area contributed by atoms with Gasteiger partial charge in [-0.3, -0.25) is 4.79 Å². The van der Waals surface area contributed by atoms with Gasteiger partial charge >= 0.3 is 0 Å². The predicted molar refractivity (Wildman–Crippen MR) is 94.6 cm³/mol. The van der Waals surface area contributed by atoms with Crippen LogP contribution in [0.25, 0.3) is 11.0 Å². The number of carbonyl (C=O) groups excluding carboxylic acids is 1. The summed E-state index contributed by atoms with van der Waals surface area (Å²) in [5.74, 6) is 0.277. The van der Waals surface area contributed by atoms with Crippen LogP contribution < -0.4 is 16.0 Å². The summed E-state index contributed by atoms with van der Waals surface area (Å²) in [6.07, 6.45) is 7.75. The van der Waals surface area contributed by atoms with Gasteiger partial charge in [0.15, 0.2) is 0 Å². The SMILES string of the molecule is NC1CCCN(c2c(Br)cnc3[nH]cc(NC(=O)C4CC4)c23)C1. The molecule has 4 N–H and O–H groups in total. The molecule has 4 rings (SSSR count). The standard InChI is InChI=1S/C16H20BrN5O/c17-11-6-19-15-13(14(11)22-5-1-2-10(18)8-22)12(7-20-15)21-16(23)9-3-4-9/h6-7,9-10H,1-5,8,18H2,(H,19,20)(H,21,23). The molecule has 1 unspecified atom stereocenters. The Morgan fingerprint density at radius 1 is 1.43 bits per heavy atom. The molecule has 23 heavy (non-hydrogen) atoms. The minimum absolute atomic E-state index is 0.104. The van der Waals surface area contributed by atoms with Gasteiger partial charge in [-0.1, -0.05) is 0 Å². The number of piperidine rings is 1. The molecular weight excluding hydrogens is 358 g/mol. The van der Waals surface area contributed by atoms with Crippen LogP contribution in [0.5, 0.6) is 0 Å². The summed E-state index contributed by atoms with van der Waals surface area (Å²) in [5.41, 5.74) is 8.81. The zero-order chi connectivity index (χ0) is 16.0. The number of fused-ring (bicyclic) bond motifs is 1. The number of nitrogens with two attached hydrogens (primary N) is 1. The third-order valence-corrected chi connectivity index (χ3v) is 5.19. The number of hydrogen-bond donors (Lipinski definition) is 3. The molecule has 1 saturated carbocycles. The van der Waals surface area contributed by atoms with Crippen molar-refractivity contribution in [1.82, 2.24) is 9.97 Å². The Balaban J connectivity index is 1.76. The van der Waals surface area contributed by atoms with Crippen LogP contribution in [0.2, 0.25) is 0 Å². The van der Waals surface area contributed by atoms with Crippen LogP contribution in [0.3, 0.4) is 0 Å². The number of nitrogens with one attached hydrogen (secondary N) is 2. The Hall–Kier alpha value is -1.60. The van der Waals surface area contributed by atoms with E-state index in [9.17, 15) is 4.79 Å². The van der Waals surface area contributed by atoms with Gasteiger partial charge in [-0.2, -0.15) is 0 Å². The molecule has 6 nitrogen and oxygen atoms in total. The summed E-state index contributed by atoms with van der Waals surface area (Å²) in [6, 6.07) is 0.183. The van der Waals surface area contributed by atoms with E-state index in [0.29, 0.717) is 0 Å². The van der Waals surface area contributed by atoms with Gasteiger partial charge in [0.25, 0.3) is 0 Å². The van der Waals surface area contributed by atoms with Gasteiger partial charge in [0.2, 0.25) is 5.91 Å². The number of aromatic amines is 1. The summed E-state index contributed by atoms with van der Waals surface area (Å²) in [6.45, 7) is 1.78. The molecule has 0 radical (unpaired) electrons. The average molecular weight is 378 g/mol. The molecule has 2 aromatic rings. The maximum absolute atomic E-state index is 12.2. The third-order valence-electron chi connectivity index (χ3n) is 4.61. The van der Waals surface area contributed by atoms with Crippen LogP contribution in [0, 0.1) is 5.92 Å². The predicted octanol–water partition coefficient (Wildman–Crippen LogP) is 2.60. The molecule has 3 heterocycles. The van der Waals surface area contributed by atoms with Crippen LogP contribution >= 0.6 is 15.9 Å². The Labute approximate surface area is 142 Å². The summed E-state index contributed by atoms with van der Waals surface area (Å²) in [5, 5.41) is 4.02. The maximum atomic E-state index is 12.2. The fraction of sp³-hybridized carbons (Fsp3) is 0.500. The van der Waals surface area contributed by atoms with Crippen LogP contribution in [0.15, 0.2) is 16.9 Å². The molecule has 2 fully saturated rings. The van der Waals surface area contributed by atoms with Crippen molar-refractivity contribution in [3.05, 3.63) is 16.9 Å². The van der Waals surface area contributed by atoms with E-state index in [0.717, 1.165) is 65.7 Å². The van der Waals surface area contributed by atoms with E-state index in [1.165, 1.54) is 0 Å². The van der Waals surface area contributed by atoms with Crippen molar-refractivity contribution in [1.29, 1.82) is 0 Å². The lowest BCUT2D eigenvalue weighted by Gasteiger charge is -2.33. The van der Waals surface area contributed by atoms with Gasteiger partial charge < -0.3 is 20.9 Å². The number of amides is 1. The van der Waals surface area contributed by atoms with E-state index >= 15 is 0 Å². The van der Waals surface area contributed by atoms with Crippen LogP contribution in [0.1, 0.15) is 25.7 Å². The van der Waals surface area contributed by atoms with Crippen LogP contribution in [0.4, 0.5) is 11.4 Å². The van der Waals surface area contributed by atoms with Crippen LogP contribution in [-0.2, 0) is 4.79 Å². The number of rotatable bonds is 3. The van der Waals surface area contributed by atoms with Crippen molar-refractivity contribution in [2.75, 3.05) is 23.3 Å². The fourth-order valence-corrected chi connectivity index (χ4v) is 3.81. The lowest BCUT2D eigenvalue weighted by molar-refractivity contribution is -0.117. The zero-order valence-corrected chi connectivity index (χ0v) is 14.4. The Morgan fingerprint density at radius 3 is 3.00 bits per heavy atom. The number of H-pyrrole nitrogens is 1. The Kier molecular flexibility index (Phi) is 3.77. The van der Waals surface area contributed by atoms with E-state index < -0.39 is 0 Å². The van der Waals surface area contributed by atoms with Crippen molar-refractivity contribution in [2.45, 2.75) is 31.7 Å². The first-order valence-corrected chi connectivity index (χ1v) is 8.89. The Bertz CT molecular complexity index is 754. The summed E-state index contributed by atoms with van der Waals surface area (Å²) in [7, 11) is 0. The number of aromatic nitrogens is 2. The van der Waals surface area contributed by atoms with Crippen molar-refractivity contribution in [2.24, 2.45) is 11.7 Å². The molecule has 1 aliphatic heterocycles. The molecule has 122 valence electrons. The smallest absolute Gasteiger partial charge is 0.227 e. The second kappa shape index (κ2) is 5.79. The van der Waals surface area contributed by atoms with E-state index in [-0.39, 0.29) is 17.9 Å². The third kappa shape index (κ3) is 2.83. The Morgan fingerprint density at radius 2 is 2.26 bits per heavy atom. The number of hydrogen-bond acceptors (Lipinski definition) is 4. The van der Waals surface area contributed by atoms with Crippen molar-refractivity contribution in [3.8, 4) is 0 Å². The highest BCUT2D eigenvalue weighted by molar-refractivity contribution is 9.10. The largest absolute Gasteiger partial charge is 0.368 e. The lowest BCUT2D eigenvalue weighted by Crippen LogP contribution is -2.43. The number of nitrogens with zero attached hydrogens (tertiary/aromatic N) is 2. The summed E-state index contributed by atoms with van der Waals surface area (Å²) >= 11 is 3.63. The molecule has 7 heteroatoms. The molecule has 1 saturated heterocycles. The van der Waals surface area contributed by atoms with E-state index in [1.54, 1.807) is 6.20 Å². The first kappa shape index (κ1) is 15.0. The van der Waals surface area contributed by atoms with Gasteiger partial charge in [0.1, 0.15) is 5.65 Å². The zero-order valence-electron chi connectivity index (χ0n) is 12.8. The highest BCUT2D eigenvalue weighted by Crippen LogP contribution is 2.39. The molecule has 0 spiro atoms. The molecular formula is C16H20BrN5O. The number of anilines is 2. The van der Waals surface area contributed by atoms with E-state index in [1.807, 2.05) is 6.20 Å². The molecule has 0 aromatic carbocycles. The van der Waals surface area contributed by atoms with Crippen molar-refractivity contribution in [3.63, 3.8) is 0 Å². The molecule has 1 aliphatic carbocycles. The van der Waals surface area contributed by atoms with E-state index in [2.05, 4.69) is 36.1 Å².